The molecular weight excluding hydrogens is 474 g/mol. The standard InChI is InChI=1S/C23H25N5O4S2/c1-17-5-7-19(8-6-17)27-9-10-28-22(27)24-25-23(28)33-16-21(29)18-3-2-4-20(15-18)34(30,31)26-11-13-32-14-12-26/h2-8,15H,9-14,16H2,1H3. The Hall–Kier alpha value is -2.73. The smallest absolute Gasteiger partial charge is 0.243 e. The highest BCUT2D eigenvalue weighted by molar-refractivity contribution is 7.99. The van der Waals surface area contributed by atoms with Gasteiger partial charge in [-0.3, -0.25) is 9.36 Å². The largest absolute Gasteiger partial charge is 0.379 e. The van der Waals surface area contributed by atoms with E-state index in [1.807, 2.05) is 4.57 Å². The molecule has 5 rings (SSSR count). The van der Waals surface area contributed by atoms with E-state index in [0.717, 1.165) is 24.7 Å². The van der Waals surface area contributed by atoms with Crippen molar-refractivity contribution in [2.45, 2.75) is 23.5 Å². The summed E-state index contributed by atoms with van der Waals surface area (Å²) in [5, 5.41) is 9.30. The Labute approximate surface area is 202 Å². The van der Waals surface area contributed by atoms with Crippen molar-refractivity contribution in [1.29, 1.82) is 0 Å². The van der Waals surface area contributed by atoms with E-state index in [4.69, 9.17) is 4.74 Å². The van der Waals surface area contributed by atoms with Gasteiger partial charge in [0.05, 0.1) is 23.9 Å². The van der Waals surface area contributed by atoms with Gasteiger partial charge in [0.2, 0.25) is 16.0 Å². The molecule has 1 fully saturated rings. The number of nitrogens with zero attached hydrogens (tertiary/aromatic N) is 5. The summed E-state index contributed by atoms with van der Waals surface area (Å²) in [5.74, 6) is 0.746. The van der Waals surface area contributed by atoms with E-state index in [9.17, 15) is 13.2 Å². The first-order valence-electron chi connectivity index (χ1n) is 11.0. The molecule has 34 heavy (non-hydrogen) atoms. The normalized spacial score (nSPS) is 16.6. The number of Topliss-reactive ketones (excluding diaryl/α,β-unsaturated/α-hetero) is 1. The van der Waals surface area contributed by atoms with Crippen LogP contribution in [0.5, 0.6) is 0 Å². The average Bonchev–Trinajstić information content (AvgIpc) is 3.46. The van der Waals surface area contributed by atoms with Gasteiger partial charge in [0.25, 0.3) is 0 Å². The number of hydrogen-bond donors (Lipinski definition) is 0. The number of carbonyl (C=O) groups is 1. The lowest BCUT2D eigenvalue weighted by atomic mass is 10.1. The summed E-state index contributed by atoms with van der Waals surface area (Å²) in [7, 11) is -3.66. The maximum Gasteiger partial charge on any atom is 0.243 e. The van der Waals surface area contributed by atoms with Crippen molar-refractivity contribution in [2.24, 2.45) is 0 Å². The van der Waals surface area contributed by atoms with Gasteiger partial charge in [0.1, 0.15) is 0 Å². The summed E-state index contributed by atoms with van der Waals surface area (Å²) in [4.78, 5) is 15.1. The Bertz CT molecular complexity index is 1300. The second kappa shape index (κ2) is 9.49. The molecule has 11 heteroatoms. The molecule has 0 saturated carbocycles. The summed E-state index contributed by atoms with van der Waals surface area (Å²) in [5.41, 5.74) is 2.62. The topological polar surface area (TPSA) is 97.6 Å². The summed E-state index contributed by atoms with van der Waals surface area (Å²) in [6.07, 6.45) is 0. The number of aromatic nitrogens is 3. The Morgan fingerprint density at radius 1 is 1.03 bits per heavy atom. The van der Waals surface area contributed by atoms with E-state index in [2.05, 4.69) is 46.3 Å². The first-order chi connectivity index (χ1) is 16.4. The molecule has 9 nitrogen and oxygen atoms in total. The number of aryl methyl sites for hydroxylation is 1. The SMILES string of the molecule is Cc1ccc(N2CCn3c(SCC(=O)c4cccc(S(=O)(=O)N5CCOCC5)c4)nnc32)cc1. The highest BCUT2D eigenvalue weighted by atomic mass is 32.2. The fourth-order valence-corrected chi connectivity index (χ4v) is 6.34. The van der Waals surface area contributed by atoms with Crippen LogP contribution in [0.15, 0.2) is 58.6 Å². The number of ketones is 1. The fourth-order valence-electron chi connectivity index (χ4n) is 4.03. The van der Waals surface area contributed by atoms with Crippen LogP contribution in [0, 0.1) is 6.92 Å². The third-order valence-electron chi connectivity index (χ3n) is 5.93. The van der Waals surface area contributed by atoms with Crippen molar-refractivity contribution < 1.29 is 17.9 Å². The predicted octanol–water partition coefficient (Wildman–Crippen LogP) is 2.73. The van der Waals surface area contributed by atoms with E-state index >= 15 is 0 Å². The number of carbonyl (C=O) groups excluding carboxylic acids is 1. The van der Waals surface area contributed by atoms with Crippen molar-refractivity contribution in [1.82, 2.24) is 19.1 Å². The molecule has 2 aromatic carbocycles. The number of fused-ring (bicyclic) bond motifs is 1. The number of ether oxygens (including phenoxy) is 1. The third-order valence-corrected chi connectivity index (χ3v) is 8.79. The van der Waals surface area contributed by atoms with E-state index in [1.54, 1.807) is 12.1 Å². The van der Waals surface area contributed by atoms with Crippen molar-refractivity contribution >= 4 is 39.2 Å². The summed E-state index contributed by atoms with van der Waals surface area (Å²) in [6.45, 7) is 4.95. The van der Waals surface area contributed by atoms with Gasteiger partial charge < -0.3 is 9.64 Å². The van der Waals surface area contributed by atoms with Crippen LogP contribution in [0.4, 0.5) is 11.6 Å². The molecule has 0 radical (unpaired) electrons. The second-order valence-corrected chi connectivity index (χ2v) is 11.1. The van der Waals surface area contributed by atoms with Gasteiger partial charge >= 0.3 is 0 Å². The molecule has 0 bridgehead atoms. The lowest BCUT2D eigenvalue weighted by Gasteiger charge is -2.26. The third kappa shape index (κ3) is 4.48. The van der Waals surface area contributed by atoms with Gasteiger partial charge in [-0.25, -0.2) is 8.42 Å². The van der Waals surface area contributed by atoms with E-state index in [0.29, 0.717) is 37.0 Å². The quantitative estimate of drug-likeness (QED) is 0.362. The van der Waals surface area contributed by atoms with Gasteiger partial charge in [0, 0.05) is 37.4 Å². The van der Waals surface area contributed by atoms with E-state index < -0.39 is 10.0 Å². The summed E-state index contributed by atoms with van der Waals surface area (Å²) < 4.78 is 34.5. The minimum atomic E-state index is -3.66. The lowest BCUT2D eigenvalue weighted by Crippen LogP contribution is -2.40. The summed E-state index contributed by atoms with van der Waals surface area (Å²) >= 11 is 1.31. The van der Waals surface area contributed by atoms with Crippen LogP contribution in [0.3, 0.4) is 0 Å². The average molecular weight is 500 g/mol. The van der Waals surface area contributed by atoms with Crippen molar-refractivity contribution in [3.63, 3.8) is 0 Å². The van der Waals surface area contributed by atoms with Crippen molar-refractivity contribution in [3.05, 3.63) is 59.7 Å². The number of anilines is 2. The molecule has 0 amide bonds. The molecule has 0 spiro atoms. The van der Waals surface area contributed by atoms with Crippen molar-refractivity contribution in [2.75, 3.05) is 43.5 Å². The molecule has 178 valence electrons. The molecule has 0 aliphatic carbocycles. The first kappa shape index (κ1) is 23.0. The number of thioether (sulfide) groups is 1. The maximum atomic E-state index is 12.9. The zero-order chi connectivity index (χ0) is 23.7. The van der Waals surface area contributed by atoms with Gasteiger partial charge in [0.15, 0.2) is 10.9 Å². The molecule has 0 N–H and O–H groups in total. The van der Waals surface area contributed by atoms with Crippen LogP contribution < -0.4 is 4.90 Å². The lowest BCUT2D eigenvalue weighted by molar-refractivity contribution is 0.0730. The predicted molar refractivity (Wildman–Crippen MR) is 129 cm³/mol. The first-order valence-corrected chi connectivity index (χ1v) is 13.5. The highest BCUT2D eigenvalue weighted by Gasteiger charge is 2.28. The van der Waals surface area contributed by atoms with Crippen LogP contribution in [-0.2, 0) is 21.3 Å². The van der Waals surface area contributed by atoms with Gasteiger partial charge in [-0.05, 0) is 31.2 Å². The van der Waals surface area contributed by atoms with Crippen molar-refractivity contribution in [3.8, 4) is 0 Å². The number of benzene rings is 2. The van der Waals surface area contributed by atoms with Gasteiger partial charge in [-0.15, -0.1) is 10.2 Å². The molecule has 0 unspecified atom stereocenters. The van der Waals surface area contributed by atoms with E-state index in [1.165, 1.54) is 33.8 Å². The van der Waals surface area contributed by atoms with E-state index in [-0.39, 0.29) is 16.4 Å². The van der Waals surface area contributed by atoms with Crippen LogP contribution in [0.1, 0.15) is 15.9 Å². The minimum absolute atomic E-state index is 0.127. The van der Waals surface area contributed by atoms with Gasteiger partial charge in [-0.1, -0.05) is 41.6 Å². The number of hydrogen-bond acceptors (Lipinski definition) is 8. The van der Waals surface area contributed by atoms with Gasteiger partial charge in [-0.2, -0.15) is 4.31 Å². The molecule has 3 aromatic rings. The second-order valence-electron chi connectivity index (χ2n) is 8.18. The maximum absolute atomic E-state index is 12.9. The minimum Gasteiger partial charge on any atom is -0.379 e. The number of morpholine rings is 1. The summed E-state index contributed by atoms with van der Waals surface area (Å²) in [6, 6.07) is 14.5. The Morgan fingerprint density at radius 3 is 2.56 bits per heavy atom. The Morgan fingerprint density at radius 2 is 1.79 bits per heavy atom. The molecule has 1 saturated heterocycles. The fraction of sp³-hybridized carbons (Fsp3) is 0.348. The molecular formula is C23H25N5O4S2. The Kier molecular flexibility index (Phi) is 6.43. The van der Waals surface area contributed by atoms with Crippen LogP contribution in [0.25, 0.3) is 0 Å². The molecule has 2 aliphatic rings. The van der Waals surface area contributed by atoms with Crippen LogP contribution >= 0.6 is 11.8 Å². The zero-order valence-corrected chi connectivity index (χ0v) is 20.4. The van der Waals surface area contributed by atoms with Crippen LogP contribution in [-0.4, -0.2) is 71.9 Å². The molecule has 1 aromatic heterocycles. The molecule has 3 heterocycles. The van der Waals surface area contributed by atoms with Crippen LogP contribution in [0.2, 0.25) is 0 Å². The molecule has 0 atom stereocenters. The zero-order valence-electron chi connectivity index (χ0n) is 18.8. The molecule has 2 aliphatic heterocycles. The number of rotatable bonds is 7. The Balaban J connectivity index is 1.27. The number of sulfonamides is 1. The highest BCUT2D eigenvalue weighted by Crippen LogP contribution is 2.32. The monoisotopic (exact) mass is 499 g/mol.